The summed E-state index contributed by atoms with van der Waals surface area (Å²) >= 11 is 0. The van der Waals surface area contributed by atoms with Crippen molar-refractivity contribution in [3.8, 4) is 50.6 Å². The molecule has 12 aromatic rings. The zero-order valence-corrected chi connectivity index (χ0v) is 78.9. The molecular weight excluding hydrogens is 1770 g/mol. The smallest absolute Gasteiger partial charge is 0.264 e. The van der Waals surface area contributed by atoms with Gasteiger partial charge in [-0.25, -0.2) is 17.6 Å². The number of alkyl halides is 4. The second-order valence-corrected chi connectivity index (χ2v) is 38.0. The van der Waals surface area contributed by atoms with E-state index in [1.165, 1.54) is 11.4 Å². The molecule has 38 heteroatoms. The van der Waals surface area contributed by atoms with E-state index in [1.54, 1.807) is 97.4 Å². The number of carbonyl (C=O) groups excluding carboxylic acids is 4. The van der Waals surface area contributed by atoms with Crippen LogP contribution >= 0.6 is 0 Å². The van der Waals surface area contributed by atoms with E-state index < -0.39 is 12.9 Å². The highest BCUT2D eigenvalue weighted by molar-refractivity contribution is 5.85. The minimum atomic E-state index is -2.62. The molecule has 12 aliphatic rings. The lowest BCUT2D eigenvalue weighted by molar-refractivity contribution is -0.130. The highest BCUT2D eigenvalue weighted by Gasteiger charge is 2.43. The molecule has 720 valence electrons. The molecule has 4 fully saturated rings. The van der Waals surface area contributed by atoms with Crippen molar-refractivity contribution in [3.05, 3.63) is 188 Å². The van der Waals surface area contributed by atoms with Gasteiger partial charge in [0, 0.05) is 280 Å². The van der Waals surface area contributed by atoms with Crippen LogP contribution in [0.1, 0.15) is 180 Å². The fraction of sp³-hybridized carbons (Fsp3) is 0.470. The summed E-state index contributed by atoms with van der Waals surface area (Å²) in [6.07, 6.45) is 19.0. The van der Waals surface area contributed by atoms with Crippen molar-refractivity contribution in [3.63, 3.8) is 0 Å². The van der Waals surface area contributed by atoms with Crippen LogP contribution in [0.4, 0.5) is 63.6 Å². The highest BCUT2D eigenvalue weighted by Crippen LogP contribution is 2.51. The molecule has 3 unspecified atom stereocenters. The molecule has 34 nitrogen and oxygen atoms in total. The molecule has 0 aliphatic carbocycles. The van der Waals surface area contributed by atoms with E-state index >= 15 is 0 Å². The lowest BCUT2D eigenvalue weighted by Crippen LogP contribution is -2.37. The SMILES string of the molecule is CC(=O)N1CCc2c(c(N3CCCc4cc(-c5cnn(C)c5)c(C(F)F)cc43)nn2C2CCOC2)C1.CC(=O)N1CCc2c(c(N3CCc4c(C#N)cc(-c5cnn(C)c5)cc43)nn2C2CCOC2)C1.CC(=O)N1CCc2c(c(N3CCc4c3ccc(-c3cnn(C)c3)c4CO)nn2C2CCOC2)C1.CC(=O)N1CCc2c(c(N3CCc4cc(-c5cnn(C)c5)c(C(F)F)cc43)nn2C2COC2)C1. The van der Waals surface area contributed by atoms with Crippen LogP contribution in [0.2, 0.25) is 0 Å². The van der Waals surface area contributed by atoms with E-state index in [2.05, 4.69) is 73.4 Å². The number of aromatic nitrogens is 16. The number of aliphatic hydroxyl groups is 1. The number of ether oxygens (including phenoxy) is 4. The minimum absolute atomic E-state index is 0.00324. The van der Waals surface area contributed by atoms with Crippen molar-refractivity contribution < 1.29 is 60.8 Å². The largest absolute Gasteiger partial charge is 0.392 e. The number of halogens is 4. The van der Waals surface area contributed by atoms with E-state index in [0.717, 1.165) is 240 Å². The zero-order valence-electron chi connectivity index (χ0n) is 78.9. The molecule has 8 aromatic heterocycles. The first-order chi connectivity index (χ1) is 66.9. The number of amides is 4. The highest BCUT2D eigenvalue weighted by atomic mass is 19.3. The Kier molecular flexibility index (Phi) is 24.8. The monoisotopic (exact) mass is 1880 g/mol. The van der Waals surface area contributed by atoms with Crippen LogP contribution in [-0.4, -0.2) is 232 Å². The third-order valence-electron chi connectivity index (χ3n) is 29.5. The van der Waals surface area contributed by atoms with Gasteiger partial charge >= 0.3 is 0 Å². The standard InChI is InChI=1S/C26H30F2N6O2.C25H27N7O2.C25H30N6O3.C24H26F2N6O2/c1-16(35)32-8-5-23-22(14-32)26(30-34(23)19-6-9-36-15-19)33-7-3-4-17-10-20(18-12-29-31(2)13-18)21(25(27)28)11-24(17)33;1-16(33)30-6-4-23-22(14-30)25(28-32(23)20-5-8-34-15-20)31-7-3-21-18(11-26)9-17(10-24(21)31)19-12-27-29(2)13-19;1-16(33)29-8-6-24-21(13-29)25(27-31(24)18-7-10-34-15-18)30-9-5-20-22(14-32)19(3-4-23(20)30)17-11-26-28(2)12-17;1-14(33)30-5-4-21-20(11-30)24(28-32(21)17-12-34-13-17)31-6-3-15-7-18(16-9-27-29(2)10-16)19(23(25)26)8-22(15)31/h10-13,19,25H,3-9,14-15H2,1-2H3;9-10,12-13,20H,3-8,14-15H2,1-2H3;3-4,11-12,18,32H,5-10,13-15H2,1-2H3;7-10,17,23H,3-6,11-13H2,1-2H3. The predicted octanol–water partition coefficient (Wildman–Crippen LogP) is 12.6. The normalized spacial score (nSPS) is 19.1. The molecule has 4 saturated heterocycles. The van der Waals surface area contributed by atoms with Gasteiger partial charge in [-0.15, -0.1) is 0 Å². The summed E-state index contributed by atoms with van der Waals surface area (Å²) in [4.78, 5) is 64.9. The molecule has 4 amide bonds. The number of hydrogen-bond donors (Lipinski definition) is 1. The van der Waals surface area contributed by atoms with Crippen LogP contribution < -0.4 is 19.6 Å². The molecule has 138 heavy (non-hydrogen) atoms. The van der Waals surface area contributed by atoms with Crippen molar-refractivity contribution in [2.75, 3.05) is 125 Å². The van der Waals surface area contributed by atoms with E-state index in [0.29, 0.717) is 126 Å². The number of carbonyl (C=O) groups is 4. The zero-order chi connectivity index (χ0) is 95.3. The third kappa shape index (κ3) is 16.9. The number of aryl methyl sites for hydroxylation is 5. The van der Waals surface area contributed by atoms with Crippen LogP contribution in [0.3, 0.4) is 0 Å². The molecule has 4 aromatic carbocycles. The number of fused-ring (bicyclic) bond motifs is 8. The van der Waals surface area contributed by atoms with Crippen molar-refractivity contribution in [2.24, 2.45) is 28.2 Å². The Morgan fingerprint density at radius 1 is 0.399 bits per heavy atom. The first-order valence-corrected chi connectivity index (χ1v) is 47.9. The lowest BCUT2D eigenvalue weighted by Gasteiger charge is -2.33. The Bertz CT molecular complexity index is 6760. The minimum Gasteiger partial charge on any atom is -0.392 e. The number of nitrogens with zero attached hydrogens (tertiary/aromatic N) is 25. The molecule has 0 spiro atoms. The molecule has 12 aliphatic heterocycles. The molecule has 24 rings (SSSR count). The van der Waals surface area contributed by atoms with Gasteiger partial charge in [-0.2, -0.15) is 46.1 Å². The molecule has 1 N–H and O–H groups in total. The Balaban J connectivity index is 0.000000110. The van der Waals surface area contributed by atoms with Crippen molar-refractivity contribution in [1.82, 2.24) is 97.8 Å². The van der Waals surface area contributed by atoms with Crippen LogP contribution in [0.5, 0.6) is 0 Å². The van der Waals surface area contributed by atoms with Crippen molar-refractivity contribution in [1.29, 1.82) is 5.26 Å². The van der Waals surface area contributed by atoms with Gasteiger partial charge < -0.3 is 63.3 Å². The fourth-order valence-corrected chi connectivity index (χ4v) is 22.2. The first kappa shape index (κ1) is 91.1. The summed E-state index contributed by atoms with van der Waals surface area (Å²) in [5.41, 5.74) is 24.9. The second kappa shape index (κ2) is 37.5. The number of nitriles is 1. The van der Waals surface area contributed by atoms with Gasteiger partial charge in [-0.1, -0.05) is 6.07 Å². The summed E-state index contributed by atoms with van der Waals surface area (Å²) in [7, 11) is 7.35. The summed E-state index contributed by atoms with van der Waals surface area (Å²) in [5.74, 6) is 3.62. The van der Waals surface area contributed by atoms with Crippen LogP contribution in [0, 0.1) is 11.3 Å². The van der Waals surface area contributed by atoms with Gasteiger partial charge in [0.05, 0.1) is 126 Å². The van der Waals surface area contributed by atoms with Gasteiger partial charge in [-0.05, 0) is 144 Å². The predicted molar refractivity (Wildman–Crippen MR) is 504 cm³/mol. The van der Waals surface area contributed by atoms with Crippen LogP contribution in [-0.2, 0) is 150 Å². The maximum Gasteiger partial charge on any atom is 0.264 e. The Morgan fingerprint density at radius 3 is 1.14 bits per heavy atom. The lowest BCUT2D eigenvalue weighted by atomic mass is 9.92. The van der Waals surface area contributed by atoms with E-state index in [1.807, 2.05) is 86.3 Å². The average Bonchev–Trinajstić information content (AvgIpc) is 1.56. The topological polar surface area (TPSA) is 318 Å². The third-order valence-corrected chi connectivity index (χ3v) is 29.5. The Labute approximate surface area is 795 Å². The average molecular weight is 1890 g/mol. The summed E-state index contributed by atoms with van der Waals surface area (Å²) in [6, 6.07) is 18.6. The van der Waals surface area contributed by atoms with E-state index in [-0.39, 0.29) is 65.5 Å². The molecule has 20 heterocycles. The van der Waals surface area contributed by atoms with Crippen LogP contribution in [0.25, 0.3) is 44.5 Å². The summed E-state index contributed by atoms with van der Waals surface area (Å²) < 4.78 is 94.6. The van der Waals surface area contributed by atoms with Crippen LogP contribution in [0.15, 0.2) is 98.1 Å². The number of rotatable bonds is 15. The molecule has 0 radical (unpaired) electrons. The van der Waals surface area contributed by atoms with E-state index in [9.17, 15) is 47.1 Å². The Morgan fingerprint density at radius 2 is 0.768 bits per heavy atom. The van der Waals surface area contributed by atoms with Gasteiger partial charge in [0.1, 0.15) is 0 Å². The number of benzene rings is 4. The van der Waals surface area contributed by atoms with Crippen molar-refractivity contribution in [2.45, 2.75) is 175 Å². The summed E-state index contributed by atoms with van der Waals surface area (Å²) in [5, 5.41) is 57.5. The molecule has 3 atom stereocenters. The second-order valence-electron chi connectivity index (χ2n) is 38.0. The van der Waals surface area contributed by atoms with Gasteiger partial charge in [0.25, 0.3) is 12.9 Å². The first-order valence-electron chi connectivity index (χ1n) is 47.9. The quantitative estimate of drug-likeness (QED) is 0.0932. The number of aliphatic hydroxyl groups excluding tert-OH is 1. The molecular formula is C100H113F4N25O9. The van der Waals surface area contributed by atoms with E-state index in [4.69, 9.17) is 39.3 Å². The molecule has 0 saturated carbocycles. The maximum atomic E-state index is 14.3. The van der Waals surface area contributed by atoms with Gasteiger partial charge in [0.2, 0.25) is 23.6 Å². The van der Waals surface area contributed by atoms with Gasteiger partial charge in [0.15, 0.2) is 23.3 Å². The molecule has 0 bridgehead atoms. The summed E-state index contributed by atoms with van der Waals surface area (Å²) in [6.45, 7) is 19.6. The maximum absolute atomic E-state index is 14.3. The van der Waals surface area contributed by atoms with Gasteiger partial charge in [-0.3, -0.25) is 56.6 Å². The Hall–Kier alpha value is -13.4. The number of anilines is 8. The number of hydrogen-bond acceptors (Lipinski definition) is 22. The van der Waals surface area contributed by atoms with Crippen molar-refractivity contribution >= 4 is 69.6 Å². The fourth-order valence-electron chi connectivity index (χ4n) is 22.2.